The number of rotatable bonds is 4. The molecule has 1 aromatic heterocycles. The smallest absolute Gasteiger partial charge is 0.105 e. The van der Waals surface area contributed by atoms with E-state index >= 15 is 0 Å². The molecule has 0 saturated carbocycles. The van der Waals surface area contributed by atoms with E-state index in [-0.39, 0.29) is 6.04 Å². The third kappa shape index (κ3) is 2.82. The summed E-state index contributed by atoms with van der Waals surface area (Å²) in [5.74, 6) is 0. The van der Waals surface area contributed by atoms with Crippen LogP contribution in [0.5, 0.6) is 0 Å². The molecule has 1 aliphatic rings. The van der Waals surface area contributed by atoms with Gasteiger partial charge in [0.15, 0.2) is 0 Å². The molecule has 0 amide bonds. The molecule has 120 valence electrons. The minimum Gasteiger partial charge on any atom is -0.326 e. The van der Waals surface area contributed by atoms with E-state index in [2.05, 4.69) is 82.6 Å². The van der Waals surface area contributed by atoms with Crippen LogP contribution >= 0.6 is 11.3 Å². The largest absolute Gasteiger partial charge is 0.326 e. The topological polar surface area (TPSA) is 41.3 Å². The minimum atomic E-state index is 0.191. The first kappa shape index (κ1) is 15.0. The second-order valence-corrected chi connectivity index (χ2v) is 6.74. The summed E-state index contributed by atoms with van der Waals surface area (Å²) in [6.45, 7) is 0.570. The first-order chi connectivity index (χ1) is 11.8. The maximum Gasteiger partial charge on any atom is 0.105 e. The highest BCUT2D eigenvalue weighted by atomic mass is 32.1. The Kier molecular flexibility index (Phi) is 4.07. The molecule has 2 heterocycles. The van der Waals surface area contributed by atoms with E-state index < -0.39 is 0 Å². The summed E-state index contributed by atoms with van der Waals surface area (Å²) in [6, 6.07) is 23.3. The van der Waals surface area contributed by atoms with E-state index in [0.717, 1.165) is 16.9 Å². The van der Waals surface area contributed by atoms with Gasteiger partial charge in [0.05, 0.1) is 11.4 Å². The average Bonchev–Trinajstić information content (AvgIpc) is 3.32. The Hall–Kier alpha value is -2.56. The first-order valence-electron chi connectivity index (χ1n) is 8.01. The maximum atomic E-state index is 5.70. The molecule has 4 rings (SSSR count). The normalized spacial score (nSPS) is 16.8. The van der Waals surface area contributed by atoms with Crippen LogP contribution in [0.15, 0.2) is 78.2 Å². The fraction of sp³-hybridized carbons (Fsp3) is 0.100. The molecule has 3 aromatic rings. The molecule has 0 saturated heterocycles. The van der Waals surface area contributed by atoms with Gasteiger partial charge in [-0.05, 0) is 40.8 Å². The molecule has 3 nitrogen and oxygen atoms in total. The summed E-state index contributed by atoms with van der Waals surface area (Å²) in [4.78, 5) is 1.32. The quantitative estimate of drug-likeness (QED) is 0.747. The van der Waals surface area contributed by atoms with Crippen LogP contribution in [-0.4, -0.2) is 0 Å². The van der Waals surface area contributed by atoms with Crippen LogP contribution < -0.4 is 16.2 Å². The van der Waals surface area contributed by atoms with Crippen molar-refractivity contribution in [1.29, 1.82) is 0 Å². The second-order valence-electron chi connectivity index (χ2n) is 5.76. The van der Waals surface area contributed by atoms with Crippen LogP contribution in [0.4, 0.5) is 5.69 Å². The van der Waals surface area contributed by atoms with E-state index in [1.54, 1.807) is 11.3 Å². The van der Waals surface area contributed by atoms with Gasteiger partial charge in [-0.1, -0.05) is 48.5 Å². The van der Waals surface area contributed by atoms with Gasteiger partial charge in [-0.15, -0.1) is 11.3 Å². The van der Waals surface area contributed by atoms with Gasteiger partial charge in [0.25, 0.3) is 0 Å². The predicted molar refractivity (Wildman–Crippen MR) is 101 cm³/mol. The molecule has 1 atom stereocenters. The van der Waals surface area contributed by atoms with Crippen molar-refractivity contribution >= 4 is 22.7 Å². The van der Waals surface area contributed by atoms with Crippen LogP contribution in [0.25, 0.3) is 5.70 Å². The summed E-state index contributed by atoms with van der Waals surface area (Å²) in [5.41, 5.74) is 13.9. The van der Waals surface area contributed by atoms with E-state index in [1.165, 1.54) is 10.4 Å². The lowest BCUT2D eigenvalue weighted by atomic mass is 10.1. The zero-order chi connectivity index (χ0) is 16.4. The minimum absolute atomic E-state index is 0.191. The summed E-state index contributed by atoms with van der Waals surface area (Å²) < 4.78 is 0. The highest BCUT2D eigenvalue weighted by Gasteiger charge is 2.27. The fourth-order valence-corrected chi connectivity index (χ4v) is 3.72. The van der Waals surface area contributed by atoms with E-state index in [0.29, 0.717) is 6.54 Å². The molecular weight excluding hydrogens is 314 g/mol. The lowest BCUT2D eigenvalue weighted by Crippen LogP contribution is -2.33. The molecule has 3 N–H and O–H groups in total. The van der Waals surface area contributed by atoms with Crippen LogP contribution in [0.2, 0.25) is 0 Å². The van der Waals surface area contributed by atoms with Gasteiger partial charge in [0.2, 0.25) is 0 Å². The first-order valence-corrected chi connectivity index (χ1v) is 8.88. The standard InChI is InChI=1S/C20H19N3S/c21-14-15-8-10-16(11-9-15)18-13-19(20-7-4-12-24-20)23(22-18)17-5-2-1-3-6-17/h1-13,19,22H,14,21H2. The van der Waals surface area contributed by atoms with Crippen molar-refractivity contribution in [3.8, 4) is 0 Å². The van der Waals surface area contributed by atoms with Crippen molar-refractivity contribution in [2.75, 3.05) is 5.01 Å². The summed E-state index contributed by atoms with van der Waals surface area (Å²) in [6.07, 6.45) is 2.29. The number of nitrogens with two attached hydrogens (primary N) is 1. The van der Waals surface area contributed by atoms with Crippen molar-refractivity contribution < 1.29 is 0 Å². The third-order valence-corrected chi connectivity index (χ3v) is 5.16. The number of hydrazine groups is 1. The number of anilines is 1. The fourth-order valence-electron chi connectivity index (χ4n) is 2.93. The van der Waals surface area contributed by atoms with Gasteiger partial charge in [-0.25, -0.2) is 0 Å². The van der Waals surface area contributed by atoms with Crippen molar-refractivity contribution in [2.24, 2.45) is 5.73 Å². The molecule has 2 aromatic carbocycles. The Labute approximate surface area is 146 Å². The maximum absolute atomic E-state index is 5.70. The number of para-hydroxylation sites is 1. The molecule has 0 aliphatic carbocycles. The van der Waals surface area contributed by atoms with Crippen molar-refractivity contribution in [3.63, 3.8) is 0 Å². The van der Waals surface area contributed by atoms with Crippen LogP contribution in [0, 0.1) is 0 Å². The summed E-state index contributed by atoms with van der Waals surface area (Å²) in [7, 11) is 0. The number of benzene rings is 2. The van der Waals surface area contributed by atoms with Gasteiger partial charge in [0.1, 0.15) is 6.04 Å². The average molecular weight is 333 g/mol. The molecule has 1 unspecified atom stereocenters. The molecule has 4 heteroatoms. The summed E-state index contributed by atoms with van der Waals surface area (Å²) in [5, 5.41) is 4.35. The van der Waals surface area contributed by atoms with Crippen LogP contribution in [0.1, 0.15) is 22.0 Å². The van der Waals surface area contributed by atoms with E-state index in [1.807, 2.05) is 6.07 Å². The highest BCUT2D eigenvalue weighted by Crippen LogP contribution is 2.36. The van der Waals surface area contributed by atoms with Crippen molar-refractivity contribution in [2.45, 2.75) is 12.6 Å². The Morgan fingerprint density at radius 3 is 2.42 bits per heavy atom. The zero-order valence-electron chi connectivity index (χ0n) is 13.2. The van der Waals surface area contributed by atoms with Gasteiger partial charge < -0.3 is 5.73 Å². The number of hydrogen-bond donors (Lipinski definition) is 2. The Balaban J connectivity index is 1.70. The molecular formula is C20H19N3S. The number of nitrogens with one attached hydrogen (secondary N) is 1. The van der Waals surface area contributed by atoms with Crippen molar-refractivity contribution in [1.82, 2.24) is 5.43 Å². The van der Waals surface area contributed by atoms with Crippen LogP contribution in [-0.2, 0) is 6.54 Å². The Morgan fingerprint density at radius 1 is 0.958 bits per heavy atom. The summed E-state index contributed by atoms with van der Waals surface area (Å²) >= 11 is 1.78. The lowest BCUT2D eigenvalue weighted by Gasteiger charge is -2.26. The Bertz CT molecular complexity index is 823. The third-order valence-electron chi connectivity index (χ3n) is 4.21. The van der Waals surface area contributed by atoms with Crippen LogP contribution in [0.3, 0.4) is 0 Å². The predicted octanol–water partition coefficient (Wildman–Crippen LogP) is 4.31. The van der Waals surface area contributed by atoms with Gasteiger partial charge in [0, 0.05) is 11.4 Å². The van der Waals surface area contributed by atoms with Gasteiger partial charge >= 0.3 is 0 Å². The number of thiophene rings is 1. The monoisotopic (exact) mass is 333 g/mol. The van der Waals surface area contributed by atoms with Gasteiger partial charge in [-0.3, -0.25) is 10.4 Å². The number of hydrogen-bond acceptors (Lipinski definition) is 4. The zero-order valence-corrected chi connectivity index (χ0v) is 14.0. The van der Waals surface area contributed by atoms with E-state index in [9.17, 15) is 0 Å². The molecule has 0 bridgehead atoms. The lowest BCUT2D eigenvalue weighted by molar-refractivity contribution is 0.733. The molecule has 0 spiro atoms. The second kappa shape index (κ2) is 6.51. The number of nitrogens with zero attached hydrogens (tertiary/aromatic N) is 1. The van der Waals surface area contributed by atoms with Crippen molar-refractivity contribution in [3.05, 3.63) is 94.2 Å². The SMILES string of the molecule is NCc1ccc(C2=CC(c3cccs3)N(c3ccccc3)N2)cc1. The molecule has 1 aliphatic heterocycles. The molecule has 0 fully saturated rings. The van der Waals surface area contributed by atoms with E-state index in [4.69, 9.17) is 5.73 Å². The van der Waals surface area contributed by atoms with Gasteiger partial charge in [-0.2, -0.15) is 0 Å². The highest BCUT2D eigenvalue weighted by molar-refractivity contribution is 7.10. The molecule has 24 heavy (non-hydrogen) atoms. The molecule has 0 radical (unpaired) electrons. The Morgan fingerprint density at radius 2 is 1.75 bits per heavy atom.